The van der Waals surface area contributed by atoms with E-state index in [1.165, 1.54) is 12.8 Å². The molecule has 1 saturated heterocycles. The number of aromatic nitrogens is 1. The van der Waals surface area contributed by atoms with Gasteiger partial charge in [-0.25, -0.2) is 4.39 Å². The highest BCUT2D eigenvalue weighted by Gasteiger charge is 2.38. The van der Waals surface area contributed by atoms with Gasteiger partial charge in [-0.1, -0.05) is 12.5 Å². The molecule has 2 fully saturated rings. The van der Waals surface area contributed by atoms with E-state index in [1.807, 2.05) is 12.1 Å². The van der Waals surface area contributed by atoms with Crippen LogP contribution < -0.4 is 5.73 Å². The Balaban J connectivity index is 1.59. The summed E-state index contributed by atoms with van der Waals surface area (Å²) in [6, 6.07) is 7.32. The molecule has 3 nitrogen and oxygen atoms in total. The van der Waals surface area contributed by atoms with E-state index in [0.717, 1.165) is 48.4 Å². The molecule has 3 unspecified atom stereocenters. The molecule has 2 aliphatic rings. The molecule has 1 aliphatic carbocycles. The minimum absolute atomic E-state index is 0.177. The fourth-order valence-corrected chi connectivity index (χ4v) is 4.33. The van der Waals surface area contributed by atoms with Crippen LogP contribution in [0.15, 0.2) is 30.5 Å². The monoisotopic (exact) mass is 299 g/mol. The highest BCUT2D eigenvalue weighted by atomic mass is 19.1. The smallest absolute Gasteiger partial charge is 0.124 e. The number of benzene rings is 1. The highest BCUT2D eigenvalue weighted by Crippen LogP contribution is 2.36. The Kier molecular flexibility index (Phi) is 3.59. The molecule has 1 aromatic heterocycles. The summed E-state index contributed by atoms with van der Waals surface area (Å²) in [5.41, 5.74) is 8.20. The fraction of sp³-hybridized carbons (Fsp3) is 0.500. The standard InChI is InChI=1S/C18H22FN3/c19-15-7-12-4-2-6-21-18(12)14(8-15)10-22-9-13-3-1-5-17(20)16(13)11-22/h2,4,6-8,13,16-17H,1,3,5,9-11,20H2. The first-order valence-corrected chi connectivity index (χ1v) is 8.22. The number of fused-ring (bicyclic) bond motifs is 2. The van der Waals surface area contributed by atoms with Crippen LogP contribution in [0.2, 0.25) is 0 Å². The van der Waals surface area contributed by atoms with Crippen molar-refractivity contribution in [2.75, 3.05) is 13.1 Å². The summed E-state index contributed by atoms with van der Waals surface area (Å²) < 4.78 is 13.9. The van der Waals surface area contributed by atoms with Crippen molar-refractivity contribution in [3.8, 4) is 0 Å². The van der Waals surface area contributed by atoms with Crippen molar-refractivity contribution in [2.45, 2.75) is 31.8 Å². The SMILES string of the molecule is NC1CCCC2CN(Cc3cc(F)cc4cccnc34)CC12. The largest absolute Gasteiger partial charge is 0.327 e. The molecule has 4 rings (SSSR count). The Morgan fingerprint density at radius 3 is 3.05 bits per heavy atom. The molecule has 2 N–H and O–H groups in total. The minimum atomic E-state index is -0.177. The Bertz CT molecular complexity index is 687. The van der Waals surface area contributed by atoms with Crippen molar-refractivity contribution >= 4 is 10.9 Å². The molecule has 0 spiro atoms. The topological polar surface area (TPSA) is 42.1 Å². The Morgan fingerprint density at radius 2 is 2.18 bits per heavy atom. The van der Waals surface area contributed by atoms with E-state index in [9.17, 15) is 4.39 Å². The molecule has 4 heteroatoms. The lowest BCUT2D eigenvalue weighted by Crippen LogP contribution is -2.38. The van der Waals surface area contributed by atoms with Gasteiger partial charge in [-0.15, -0.1) is 0 Å². The second-order valence-electron chi connectivity index (χ2n) is 6.85. The van der Waals surface area contributed by atoms with E-state index < -0.39 is 0 Å². The van der Waals surface area contributed by atoms with E-state index in [2.05, 4.69) is 9.88 Å². The van der Waals surface area contributed by atoms with Gasteiger partial charge in [0.1, 0.15) is 5.82 Å². The maximum atomic E-state index is 13.9. The molecular formula is C18H22FN3. The summed E-state index contributed by atoms with van der Waals surface area (Å²) in [4.78, 5) is 6.89. The third-order valence-electron chi connectivity index (χ3n) is 5.37. The van der Waals surface area contributed by atoms with E-state index in [1.54, 1.807) is 18.3 Å². The van der Waals surface area contributed by atoms with Crippen LogP contribution >= 0.6 is 0 Å². The minimum Gasteiger partial charge on any atom is -0.327 e. The lowest BCUT2D eigenvalue weighted by molar-refractivity contribution is 0.259. The lowest BCUT2D eigenvalue weighted by atomic mass is 9.78. The molecule has 1 aliphatic heterocycles. The first-order valence-electron chi connectivity index (χ1n) is 8.22. The molecule has 0 bridgehead atoms. The van der Waals surface area contributed by atoms with Gasteiger partial charge in [-0.3, -0.25) is 9.88 Å². The Labute approximate surface area is 130 Å². The van der Waals surface area contributed by atoms with Crippen LogP contribution in [0.25, 0.3) is 10.9 Å². The van der Waals surface area contributed by atoms with Gasteiger partial charge >= 0.3 is 0 Å². The average molecular weight is 299 g/mol. The van der Waals surface area contributed by atoms with Gasteiger partial charge < -0.3 is 5.73 Å². The van der Waals surface area contributed by atoms with E-state index in [-0.39, 0.29) is 5.82 Å². The summed E-state index contributed by atoms with van der Waals surface area (Å²) in [5.74, 6) is 1.15. The summed E-state index contributed by atoms with van der Waals surface area (Å²) in [6.45, 7) is 2.89. The molecule has 1 aromatic carbocycles. The number of nitrogens with zero attached hydrogens (tertiary/aromatic N) is 2. The van der Waals surface area contributed by atoms with Gasteiger partial charge in [0.25, 0.3) is 0 Å². The summed E-state index contributed by atoms with van der Waals surface area (Å²) in [6.07, 6.45) is 5.47. The maximum absolute atomic E-state index is 13.9. The highest BCUT2D eigenvalue weighted by molar-refractivity contribution is 5.81. The predicted octanol–water partition coefficient (Wildman–Crippen LogP) is 2.93. The second-order valence-corrected chi connectivity index (χ2v) is 6.85. The van der Waals surface area contributed by atoms with Gasteiger partial charge in [0.05, 0.1) is 5.52 Å². The van der Waals surface area contributed by atoms with Gasteiger partial charge in [0, 0.05) is 37.3 Å². The van der Waals surface area contributed by atoms with Gasteiger partial charge in [-0.05, 0) is 48.4 Å². The zero-order valence-corrected chi connectivity index (χ0v) is 12.7. The Hall–Kier alpha value is -1.52. The van der Waals surface area contributed by atoms with E-state index in [0.29, 0.717) is 12.0 Å². The van der Waals surface area contributed by atoms with Crippen LogP contribution in [-0.4, -0.2) is 29.0 Å². The zero-order chi connectivity index (χ0) is 15.1. The number of nitrogens with two attached hydrogens (primary N) is 1. The van der Waals surface area contributed by atoms with Crippen molar-refractivity contribution in [3.63, 3.8) is 0 Å². The van der Waals surface area contributed by atoms with Crippen LogP contribution in [0.1, 0.15) is 24.8 Å². The first-order chi connectivity index (χ1) is 10.7. The predicted molar refractivity (Wildman–Crippen MR) is 85.8 cm³/mol. The molecule has 0 amide bonds. The molecule has 0 radical (unpaired) electrons. The molecular weight excluding hydrogens is 277 g/mol. The lowest BCUT2D eigenvalue weighted by Gasteiger charge is -2.29. The average Bonchev–Trinajstić information content (AvgIpc) is 2.91. The molecule has 22 heavy (non-hydrogen) atoms. The van der Waals surface area contributed by atoms with Crippen molar-refractivity contribution < 1.29 is 4.39 Å². The van der Waals surface area contributed by atoms with Crippen LogP contribution in [0.3, 0.4) is 0 Å². The van der Waals surface area contributed by atoms with E-state index >= 15 is 0 Å². The number of halogens is 1. The number of likely N-dealkylation sites (tertiary alicyclic amines) is 1. The third-order valence-corrected chi connectivity index (χ3v) is 5.37. The second kappa shape index (κ2) is 5.60. The normalized spacial score (nSPS) is 28.9. The van der Waals surface area contributed by atoms with Crippen molar-refractivity contribution in [3.05, 3.63) is 41.8 Å². The van der Waals surface area contributed by atoms with Crippen molar-refractivity contribution in [1.82, 2.24) is 9.88 Å². The summed E-state index contributed by atoms with van der Waals surface area (Å²) >= 11 is 0. The molecule has 2 aromatic rings. The van der Waals surface area contributed by atoms with Gasteiger partial charge in [-0.2, -0.15) is 0 Å². The quantitative estimate of drug-likeness (QED) is 0.927. The Morgan fingerprint density at radius 1 is 1.27 bits per heavy atom. The van der Waals surface area contributed by atoms with Crippen LogP contribution in [0.4, 0.5) is 4.39 Å². The van der Waals surface area contributed by atoms with Crippen molar-refractivity contribution in [1.29, 1.82) is 0 Å². The van der Waals surface area contributed by atoms with Crippen LogP contribution in [-0.2, 0) is 6.54 Å². The fourth-order valence-electron chi connectivity index (χ4n) is 4.33. The van der Waals surface area contributed by atoms with Crippen molar-refractivity contribution in [2.24, 2.45) is 17.6 Å². The molecule has 1 saturated carbocycles. The van der Waals surface area contributed by atoms with Crippen LogP contribution in [0.5, 0.6) is 0 Å². The first kappa shape index (κ1) is 14.1. The third kappa shape index (κ3) is 2.50. The number of rotatable bonds is 2. The van der Waals surface area contributed by atoms with Crippen LogP contribution in [0, 0.1) is 17.7 Å². The number of hydrogen-bond acceptors (Lipinski definition) is 3. The number of pyridine rings is 1. The summed E-state index contributed by atoms with van der Waals surface area (Å²) in [5, 5.41) is 0.880. The maximum Gasteiger partial charge on any atom is 0.124 e. The molecule has 116 valence electrons. The molecule has 3 atom stereocenters. The van der Waals surface area contributed by atoms with Gasteiger partial charge in [0.15, 0.2) is 0 Å². The number of hydrogen-bond donors (Lipinski definition) is 1. The van der Waals surface area contributed by atoms with Gasteiger partial charge in [0.2, 0.25) is 0 Å². The zero-order valence-electron chi connectivity index (χ0n) is 12.7. The summed E-state index contributed by atoms with van der Waals surface area (Å²) in [7, 11) is 0. The van der Waals surface area contributed by atoms with E-state index in [4.69, 9.17) is 5.73 Å². The molecule has 2 heterocycles.